The number of amides is 1. The van der Waals surface area contributed by atoms with Crippen LogP contribution >= 0.6 is 0 Å². The van der Waals surface area contributed by atoms with Crippen molar-refractivity contribution >= 4 is 12.1 Å². The van der Waals surface area contributed by atoms with Gasteiger partial charge in [-0.2, -0.15) is 0 Å². The van der Waals surface area contributed by atoms with E-state index in [1.807, 2.05) is 19.1 Å². The van der Waals surface area contributed by atoms with Crippen LogP contribution in [-0.4, -0.2) is 29.8 Å². The molecule has 22 heavy (non-hydrogen) atoms. The highest BCUT2D eigenvalue weighted by molar-refractivity contribution is 5.79. The predicted molar refractivity (Wildman–Crippen MR) is 87.8 cm³/mol. The van der Waals surface area contributed by atoms with E-state index in [-0.39, 0.29) is 12.5 Å². The van der Waals surface area contributed by atoms with Crippen molar-refractivity contribution in [2.45, 2.75) is 57.9 Å². The Hall–Kier alpha value is -1.78. The highest BCUT2D eigenvalue weighted by atomic mass is 16.5. The van der Waals surface area contributed by atoms with Crippen LogP contribution in [-0.2, 0) is 9.53 Å². The van der Waals surface area contributed by atoms with Gasteiger partial charge < -0.3 is 15.2 Å². The van der Waals surface area contributed by atoms with Gasteiger partial charge in [-0.15, -0.1) is 13.2 Å². The van der Waals surface area contributed by atoms with Crippen LogP contribution in [0.4, 0.5) is 4.79 Å². The van der Waals surface area contributed by atoms with Crippen LogP contribution in [0, 0.1) is 5.92 Å². The normalized spacial score (nSPS) is 13.0. The smallest absolute Gasteiger partial charge is 0.407 e. The summed E-state index contributed by atoms with van der Waals surface area (Å²) in [4.78, 5) is 22.8. The molecular weight excluding hydrogens is 282 g/mol. The number of allylic oxidation sites excluding steroid dienone is 2. The third-order valence-corrected chi connectivity index (χ3v) is 3.35. The maximum absolute atomic E-state index is 11.6. The minimum Gasteiger partial charge on any atom is -0.480 e. The molecule has 0 aliphatic carbocycles. The van der Waals surface area contributed by atoms with Crippen LogP contribution in [0.2, 0.25) is 0 Å². The fourth-order valence-electron chi connectivity index (χ4n) is 1.96. The minimum atomic E-state index is -1.03. The van der Waals surface area contributed by atoms with E-state index in [0.717, 1.165) is 38.5 Å². The minimum absolute atomic E-state index is 0.228. The van der Waals surface area contributed by atoms with Crippen molar-refractivity contribution < 1.29 is 19.4 Å². The summed E-state index contributed by atoms with van der Waals surface area (Å²) in [5.74, 6) is -0.800. The van der Waals surface area contributed by atoms with E-state index >= 15 is 0 Å². The zero-order chi connectivity index (χ0) is 16.8. The Labute approximate surface area is 133 Å². The molecule has 0 aromatic rings. The number of carbonyl (C=O) groups excluding carboxylic acids is 1. The van der Waals surface area contributed by atoms with Gasteiger partial charge in [0.15, 0.2) is 0 Å². The molecule has 0 saturated carbocycles. The SMILES string of the molecule is C=CCCCCC[C@H](NC(=O)OC[C@@H](C)CCC=C)C(=O)O. The van der Waals surface area contributed by atoms with E-state index in [4.69, 9.17) is 9.84 Å². The second-order valence-electron chi connectivity index (χ2n) is 5.53. The Balaban J connectivity index is 3.99. The van der Waals surface area contributed by atoms with Crippen molar-refractivity contribution in [2.24, 2.45) is 5.92 Å². The first-order valence-electron chi connectivity index (χ1n) is 7.89. The summed E-state index contributed by atoms with van der Waals surface area (Å²) in [7, 11) is 0. The van der Waals surface area contributed by atoms with Gasteiger partial charge in [-0.05, 0) is 38.0 Å². The quantitative estimate of drug-likeness (QED) is 0.399. The molecule has 1 amide bonds. The van der Waals surface area contributed by atoms with Crippen molar-refractivity contribution in [3.05, 3.63) is 25.3 Å². The molecule has 0 aromatic heterocycles. The van der Waals surface area contributed by atoms with Gasteiger partial charge >= 0.3 is 12.1 Å². The third kappa shape index (κ3) is 10.9. The fraction of sp³-hybridized carbons (Fsp3) is 0.647. The van der Waals surface area contributed by atoms with Gasteiger partial charge in [-0.3, -0.25) is 0 Å². The highest BCUT2D eigenvalue weighted by Gasteiger charge is 2.20. The number of rotatable bonds is 13. The van der Waals surface area contributed by atoms with Crippen LogP contribution in [0.5, 0.6) is 0 Å². The molecule has 0 heterocycles. The van der Waals surface area contributed by atoms with E-state index in [1.54, 1.807) is 0 Å². The van der Waals surface area contributed by atoms with Gasteiger partial charge in [0, 0.05) is 0 Å². The molecule has 0 aliphatic heterocycles. The summed E-state index contributed by atoms with van der Waals surface area (Å²) in [6.07, 6.45) is 8.76. The summed E-state index contributed by atoms with van der Waals surface area (Å²) in [5, 5.41) is 11.5. The number of alkyl carbamates (subject to hydrolysis) is 1. The Morgan fingerprint density at radius 3 is 2.41 bits per heavy atom. The lowest BCUT2D eigenvalue weighted by molar-refractivity contribution is -0.139. The van der Waals surface area contributed by atoms with E-state index < -0.39 is 18.1 Å². The first kappa shape index (κ1) is 20.2. The van der Waals surface area contributed by atoms with Crippen molar-refractivity contribution in [2.75, 3.05) is 6.61 Å². The number of carbonyl (C=O) groups is 2. The van der Waals surface area contributed by atoms with Crippen LogP contribution in [0.15, 0.2) is 25.3 Å². The molecule has 5 nitrogen and oxygen atoms in total. The van der Waals surface area contributed by atoms with Gasteiger partial charge in [0.25, 0.3) is 0 Å². The summed E-state index contributed by atoms with van der Waals surface area (Å²) < 4.78 is 5.07. The van der Waals surface area contributed by atoms with Crippen LogP contribution in [0.25, 0.3) is 0 Å². The first-order valence-corrected chi connectivity index (χ1v) is 7.89. The average Bonchev–Trinajstić information content (AvgIpc) is 2.49. The number of hydrogen-bond donors (Lipinski definition) is 2. The lowest BCUT2D eigenvalue weighted by Crippen LogP contribution is -2.41. The van der Waals surface area contributed by atoms with Crippen molar-refractivity contribution in [1.29, 1.82) is 0 Å². The van der Waals surface area contributed by atoms with E-state index in [2.05, 4.69) is 18.5 Å². The summed E-state index contributed by atoms with van der Waals surface area (Å²) in [6.45, 7) is 9.54. The van der Waals surface area contributed by atoms with Crippen molar-refractivity contribution in [3.8, 4) is 0 Å². The molecule has 0 aromatic carbocycles. The monoisotopic (exact) mass is 311 g/mol. The van der Waals surface area contributed by atoms with Gasteiger partial charge in [-0.1, -0.05) is 31.9 Å². The molecule has 0 saturated heterocycles. The molecule has 0 rings (SSSR count). The molecule has 0 fully saturated rings. The van der Waals surface area contributed by atoms with Gasteiger partial charge in [-0.25, -0.2) is 9.59 Å². The predicted octanol–water partition coefficient (Wildman–Crippen LogP) is 3.90. The average molecular weight is 311 g/mol. The summed E-state index contributed by atoms with van der Waals surface area (Å²) >= 11 is 0. The number of nitrogens with one attached hydrogen (secondary N) is 1. The Morgan fingerprint density at radius 1 is 1.14 bits per heavy atom. The summed E-state index contributed by atoms with van der Waals surface area (Å²) in [5.41, 5.74) is 0. The Kier molecular flexibility index (Phi) is 11.9. The maximum atomic E-state index is 11.6. The van der Waals surface area contributed by atoms with E-state index in [9.17, 15) is 9.59 Å². The molecule has 126 valence electrons. The molecular formula is C17H29NO4. The van der Waals surface area contributed by atoms with Gasteiger partial charge in [0.05, 0.1) is 6.61 Å². The number of aliphatic carboxylic acids is 1. The topological polar surface area (TPSA) is 75.6 Å². The zero-order valence-electron chi connectivity index (χ0n) is 13.6. The van der Waals surface area contributed by atoms with Gasteiger partial charge in [0.2, 0.25) is 0 Å². The Morgan fingerprint density at radius 2 is 1.82 bits per heavy atom. The maximum Gasteiger partial charge on any atom is 0.407 e. The van der Waals surface area contributed by atoms with Crippen molar-refractivity contribution in [1.82, 2.24) is 5.32 Å². The first-order chi connectivity index (χ1) is 10.5. The summed E-state index contributed by atoms with van der Waals surface area (Å²) in [6, 6.07) is -0.889. The Bertz CT molecular complexity index is 355. The van der Waals surface area contributed by atoms with Crippen LogP contribution in [0.1, 0.15) is 51.9 Å². The molecule has 0 spiro atoms. The lowest BCUT2D eigenvalue weighted by Gasteiger charge is -2.16. The molecule has 0 bridgehead atoms. The molecule has 2 N–H and O–H groups in total. The van der Waals surface area contributed by atoms with E-state index in [1.165, 1.54) is 0 Å². The van der Waals surface area contributed by atoms with E-state index in [0.29, 0.717) is 6.42 Å². The number of carboxylic acids is 1. The number of unbranched alkanes of at least 4 members (excludes halogenated alkanes) is 3. The second kappa shape index (κ2) is 12.9. The number of carboxylic acid groups (broad SMARTS) is 1. The zero-order valence-corrected chi connectivity index (χ0v) is 13.6. The third-order valence-electron chi connectivity index (χ3n) is 3.35. The number of ether oxygens (including phenoxy) is 1. The van der Waals surface area contributed by atoms with Crippen LogP contribution < -0.4 is 5.32 Å². The largest absolute Gasteiger partial charge is 0.480 e. The molecule has 0 unspecified atom stereocenters. The van der Waals surface area contributed by atoms with Gasteiger partial charge in [0.1, 0.15) is 6.04 Å². The highest BCUT2D eigenvalue weighted by Crippen LogP contribution is 2.08. The van der Waals surface area contributed by atoms with Crippen molar-refractivity contribution in [3.63, 3.8) is 0 Å². The number of hydrogen-bond acceptors (Lipinski definition) is 3. The fourth-order valence-corrected chi connectivity index (χ4v) is 1.96. The molecule has 2 atom stereocenters. The second-order valence-corrected chi connectivity index (χ2v) is 5.53. The lowest BCUT2D eigenvalue weighted by atomic mass is 10.1. The molecule has 5 heteroatoms. The standard InChI is InChI=1S/C17H29NO4/c1-4-6-8-9-10-12-15(16(19)20)18-17(21)22-13-14(3)11-7-5-2/h4-5,14-15H,1-2,6-13H2,3H3,(H,18,21)(H,19,20)/t14-,15-/m0/s1. The molecule has 0 aliphatic rings. The van der Waals surface area contributed by atoms with Crippen LogP contribution in [0.3, 0.4) is 0 Å². The molecule has 0 radical (unpaired) electrons.